The molecule has 1 fully saturated rings. The molecule has 5 nitrogen and oxygen atoms in total. The van der Waals surface area contributed by atoms with Crippen molar-refractivity contribution in [3.05, 3.63) is 89.5 Å². The Balaban J connectivity index is 1.31. The van der Waals surface area contributed by atoms with E-state index in [9.17, 15) is 4.79 Å². The molecular formula is C29H33N3O2. The number of hydrogen-bond donors (Lipinski definition) is 1. The van der Waals surface area contributed by atoms with E-state index in [0.717, 1.165) is 50.4 Å². The van der Waals surface area contributed by atoms with E-state index in [1.807, 2.05) is 42.5 Å². The number of rotatable bonds is 6. The summed E-state index contributed by atoms with van der Waals surface area (Å²) in [6.45, 7) is 4.91. The fourth-order valence-corrected chi connectivity index (χ4v) is 5.10. The van der Waals surface area contributed by atoms with Crippen LogP contribution in [-0.2, 0) is 11.2 Å². The van der Waals surface area contributed by atoms with Crippen molar-refractivity contribution in [1.29, 1.82) is 0 Å². The maximum absolute atomic E-state index is 13.0. The third kappa shape index (κ3) is 5.01. The van der Waals surface area contributed by atoms with Gasteiger partial charge >= 0.3 is 0 Å². The van der Waals surface area contributed by atoms with Crippen molar-refractivity contribution in [2.24, 2.45) is 0 Å². The number of hydrogen-bond acceptors (Lipinski definition) is 4. The molecule has 1 amide bonds. The maximum atomic E-state index is 13.0. The zero-order valence-corrected chi connectivity index (χ0v) is 19.9. The Bertz CT molecular complexity index is 1110. The number of nitrogens with zero attached hydrogens (tertiary/aromatic N) is 2. The molecule has 1 saturated heterocycles. The van der Waals surface area contributed by atoms with Crippen molar-refractivity contribution in [2.45, 2.75) is 18.9 Å². The quantitative estimate of drug-likeness (QED) is 0.593. The molecule has 5 rings (SSSR count). The van der Waals surface area contributed by atoms with E-state index in [1.54, 1.807) is 0 Å². The third-order valence-electron chi connectivity index (χ3n) is 7.04. The highest BCUT2D eigenvalue weighted by Crippen LogP contribution is 2.31. The first kappa shape index (κ1) is 22.6. The van der Waals surface area contributed by atoms with Crippen molar-refractivity contribution >= 4 is 11.6 Å². The van der Waals surface area contributed by atoms with Crippen LogP contribution in [0.1, 0.15) is 33.9 Å². The van der Waals surface area contributed by atoms with Crippen LogP contribution in [0.3, 0.4) is 0 Å². The van der Waals surface area contributed by atoms with Gasteiger partial charge in [-0.15, -0.1) is 0 Å². The standard InChI is InChI=1S/C29H33N3O2/c1-31-15-5-8-25-20-26(13-14-27(25)31)28(32-16-18-34-19-17-32)21-30-29(33)24-11-9-23(10-12-24)22-6-3-2-4-7-22/h2-4,6-7,9-14,20,28H,5,8,15-19,21H2,1H3,(H,30,33). The second-order valence-corrected chi connectivity index (χ2v) is 9.23. The first-order valence-electron chi connectivity index (χ1n) is 12.3. The summed E-state index contributed by atoms with van der Waals surface area (Å²) in [6, 6.07) is 25.1. The highest BCUT2D eigenvalue weighted by molar-refractivity contribution is 5.94. The fourth-order valence-electron chi connectivity index (χ4n) is 5.10. The van der Waals surface area contributed by atoms with Gasteiger partial charge in [-0.2, -0.15) is 0 Å². The lowest BCUT2D eigenvalue weighted by Gasteiger charge is -2.36. The number of benzene rings is 3. The summed E-state index contributed by atoms with van der Waals surface area (Å²) in [7, 11) is 2.17. The molecular weight excluding hydrogens is 422 g/mol. The van der Waals surface area contributed by atoms with Crippen LogP contribution in [0.25, 0.3) is 11.1 Å². The summed E-state index contributed by atoms with van der Waals surface area (Å²) in [5.74, 6) is -0.0319. The van der Waals surface area contributed by atoms with Gasteiger partial charge in [0, 0.05) is 44.5 Å². The van der Waals surface area contributed by atoms with Crippen LogP contribution in [0.5, 0.6) is 0 Å². The molecule has 0 aliphatic carbocycles. The Hall–Kier alpha value is -3.15. The van der Waals surface area contributed by atoms with Gasteiger partial charge in [0.05, 0.1) is 19.3 Å². The number of carbonyl (C=O) groups is 1. The van der Waals surface area contributed by atoms with E-state index in [0.29, 0.717) is 12.1 Å². The minimum Gasteiger partial charge on any atom is -0.379 e. The maximum Gasteiger partial charge on any atom is 0.251 e. The lowest BCUT2D eigenvalue weighted by molar-refractivity contribution is 0.0162. The number of anilines is 1. The summed E-state index contributed by atoms with van der Waals surface area (Å²) in [4.78, 5) is 17.8. The molecule has 0 saturated carbocycles. The zero-order valence-electron chi connectivity index (χ0n) is 19.9. The van der Waals surface area contributed by atoms with E-state index >= 15 is 0 Å². The van der Waals surface area contributed by atoms with E-state index in [-0.39, 0.29) is 11.9 Å². The highest BCUT2D eigenvalue weighted by Gasteiger charge is 2.25. The molecule has 2 aliphatic rings. The largest absolute Gasteiger partial charge is 0.379 e. The molecule has 34 heavy (non-hydrogen) atoms. The minimum atomic E-state index is -0.0319. The Kier molecular flexibility index (Phi) is 6.93. The Morgan fingerprint density at radius 2 is 1.68 bits per heavy atom. The molecule has 0 spiro atoms. The van der Waals surface area contributed by atoms with Crippen molar-refractivity contribution in [3.8, 4) is 11.1 Å². The normalized spacial score (nSPS) is 17.1. The predicted molar refractivity (Wildman–Crippen MR) is 137 cm³/mol. The summed E-state index contributed by atoms with van der Waals surface area (Å²) < 4.78 is 5.60. The van der Waals surface area contributed by atoms with Gasteiger partial charge < -0.3 is 15.0 Å². The predicted octanol–water partition coefficient (Wildman–Crippen LogP) is 4.54. The van der Waals surface area contributed by atoms with Gasteiger partial charge in [0.2, 0.25) is 0 Å². The second-order valence-electron chi connectivity index (χ2n) is 9.23. The number of carbonyl (C=O) groups excluding carboxylic acids is 1. The molecule has 5 heteroatoms. The lowest BCUT2D eigenvalue weighted by atomic mass is 9.95. The van der Waals surface area contributed by atoms with Gasteiger partial charge in [0.15, 0.2) is 0 Å². The Labute approximate surface area is 202 Å². The summed E-state index contributed by atoms with van der Waals surface area (Å²) >= 11 is 0. The fraction of sp³-hybridized carbons (Fsp3) is 0.345. The molecule has 176 valence electrons. The van der Waals surface area contributed by atoms with E-state index in [1.165, 1.54) is 23.2 Å². The second kappa shape index (κ2) is 10.4. The van der Waals surface area contributed by atoms with Crippen LogP contribution in [0.15, 0.2) is 72.8 Å². The average Bonchev–Trinajstić information content (AvgIpc) is 2.90. The van der Waals surface area contributed by atoms with Crippen molar-refractivity contribution < 1.29 is 9.53 Å². The topological polar surface area (TPSA) is 44.8 Å². The average molecular weight is 456 g/mol. The number of nitrogens with one attached hydrogen (secondary N) is 1. The van der Waals surface area contributed by atoms with Crippen LogP contribution in [0.2, 0.25) is 0 Å². The van der Waals surface area contributed by atoms with Crippen molar-refractivity contribution in [2.75, 3.05) is 51.3 Å². The number of ether oxygens (including phenoxy) is 1. The van der Waals surface area contributed by atoms with Crippen LogP contribution >= 0.6 is 0 Å². The van der Waals surface area contributed by atoms with Crippen LogP contribution in [0.4, 0.5) is 5.69 Å². The van der Waals surface area contributed by atoms with Gasteiger partial charge in [-0.3, -0.25) is 9.69 Å². The van der Waals surface area contributed by atoms with E-state index < -0.39 is 0 Å². The highest BCUT2D eigenvalue weighted by atomic mass is 16.5. The minimum absolute atomic E-state index is 0.0319. The third-order valence-corrected chi connectivity index (χ3v) is 7.04. The molecule has 1 unspecified atom stereocenters. The first-order valence-corrected chi connectivity index (χ1v) is 12.3. The molecule has 3 aromatic rings. The van der Waals surface area contributed by atoms with Crippen molar-refractivity contribution in [1.82, 2.24) is 10.2 Å². The number of amides is 1. The number of morpholine rings is 1. The SMILES string of the molecule is CN1CCCc2cc(C(CNC(=O)c3ccc(-c4ccccc4)cc3)N3CCOCC3)ccc21. The van der Waals surface area contributed by atoms with E-state index in [4.69, 9.17) is 4.74 Å². The van der Waals surface area contributed by atoms with Gasteiger partial charge in [-0.25, -0.2) is 0 Å². The Morgan fingerprint density at radius 1 is 0.941 bits per heavy atom. The molecule has 0 radical (unpaired) electrons. The van der Waals surface area contributed by atoms with E-state index in [2.05, 4.69) is 52.5 Å². The summed E-state index contributed by atoms with van der Waals surface area (Å²) in [5.41, 5.74) is 6.97. The summed E-state index contributed by atoms with van der Waals surface area (Å²) in [5, 5.41) is 3.21. The molecule has 2 aliphatic heterocycles. The van der Waals surface area contributed by atoms with Crippen LogP contribution in [-0.4, -0.2) is 57.2 Å². The Morgan fingerprint density at radius 3 is 2.44 bits per heavy atom. The van der Waals surface area contributed by atoms with Gasteiger partial charge in [-0.1, -0.05) is 54.6 Å². The molecule has 3 aromatic carbocycles. The lowest BCUT2D eigenvalue weighted by Crippen LogP contribution is -2.44. The van der Waals surface area contributed by atoms with Gasteiger partial charge in [0.1, 0.15) is 0 Å². The van der Waals surface area contributed by atoms with Crippen LogP contribution in [0, 0.1) is 0 Å². The number of fused-ring (bicyclic) bond motifs is 1. The molecule has 0 bridgehead atoms. The van der Waals surface area contributed by atoms with Gasteiger partial charge in [0.25, 0.3) is 5.91 Å². The smallest absolute Gasteiger partial charge is 0.251 e. The summed E-state index contributed by atoms with van der Waals surface area (Å²) in [6.07, 6.45) is 2.30. The van der Waals surface area contributed by atoms with Gasteiger partial charge in [-0.05, 0) is 53.3 Å². The molecule has 1 atom stereocenters. The zero-order chi connectivity index (χ0) is 23.3. The van der Waals surface area contributed by atoms with Crippen molar-refractivity contribution in [3.63, 3.8) is 0 Å². The monoisotopic (exact) mass is 455 g/mol. The molecule has 1 N–H and O–H groups in total. The first-order chi connectivity index (χ1) is 16.7. The molecule has 2 heterocycles. The molecule has 0 aromatic heterocycles. The number of aryl methyl sites for hydroxylation is 1. The van der Waals surface area contributed by atoms with Crippen LogP contribution < -0.4 is 10.2 Å².